The molecule has 1 saturated carbocycles. The zero-order valence-electron chi connectivity index (χ0n) is 9.88. The molecule has 1 aromatic rings. The van der Waals surface area contributed by atoms with Crippen molar-refractivity contribution in [1.29, 1.82) is 0 Å². The standard InChI is InChI=1S/C14H20FN/c1-2-10-16-14(11-6-5-7-11)12-8-3-4-9-13(12)15/h3-4,8-9,11,14,16H,2,5-7,10H2,1H3. The highest BCUT2D eigenvalue weighted by atomic mass is 19.1. The molecule has 16 heavy (non-hydrogen) atoms. The van der Waals surface area contributed by atoms with Gasteiger partial charge in [0.1, 0.15) is 5.82 Å². The third-order valence-corrected chi connectivity index (χ3v) is 3.48. The number of rotatable bonds is 5. The third-order valence-electron chi connectivity index (χ3n) is 3.48. The first-order chi connectivity index (χ1) is 7.83. The van der Waals surface area contributed by atoms with Gasteiger partial charge in [-0.15, -0.1) is 0 Å². The lowest BCUT2D eigenvalue weighted by Gasteiger charge is -2.35. The SMILES string of the molecule is CCCNC(c1ccccc1F)C1CCC1. The van der Waals surface area contributed by atoms with Crippen molar-refractivity contribution < 1.29 is 4.39 Å². The summed E-state index contributed by atoms with van der Waals surface area (Å²) in [4.78, 5) is 0. The maximum atomic E-state index is 13.7. The number of benzene rings is 1. The highest BCUT2D eigenvalue weighted by Gasteiger charge is 2.29. The second kappa shape index (κ2) is 5.44. The summed E-state index contributed by atoms with van der Waals surface area (Å²) < 4.78 is 13.7. The lowest BCUT2D eigenvalue weighted by molar-refractivity contribution is 0.227. The van der Waals surface area contributed by atoms with Crippen molar-refractivity contribution in [3.8, 4) is 0 Å². The maximum Gasteiger partial charge on any atom is 0.127 e. The van der Waals surface area contributed by atoms with Crippen molar-refractivity contribution in [2.45, 2.75) is 38.6 Å². The molecular weight excluding hydrogens is 201 g/mol. The van der Waals surface area contributed by atoms with Crippen molar-refractivity contribution in [3.63, 3.8) is 0 Å². The van der Waals surface area contributed by atoms with E-state index in [-0.39, 0.29) is 11.9 Å². The predicted octanol–water partition coefficient (Wildman–Crippen LogP) is 3.67. The molecule has 1 atom stereocenters. The fraction of sp³-hybridized carbons (Fsp3) is 0.571. The molecule has 1 unspecified atom stereocenters. The Hall–Kier alpha value is -0.890. The van der Waals surface area contributed by atoms with E-state index in [1.165, 1.54) is 19.3 Å². The van der Waals surface area contributed by atoms with E-state index in [0.717, 1.165) is 18.5 Å². The Kier molecular flexibility index (Phi) is 3.94. The largest absolute Gasteiger partial charge is 0.310 e. The van der Waals surface area contributed by atoms with E-state index >= 15 is 0 Å². The van der Waals surface area contributed by atoms with E-state index in [0.29, 0.717) is 5.92 Å². The van der Waals surface area contributed by atoms with Crippen LogP contribution in [0, 0.1) is 11.7 Å². The maximum absolute atomic E-state index is 13.7. The van der Waals surface area contributed by atoms with E-state index in [1.54, 1.807) is 12.1 Å². The second-order valence-electron chi connectivity index (χ2n) is 4.64. The molecular formula is C14H20FN. The van der Waals surface area contributed by atoms with Crippen LogP contribution in [0.5, 0.6) is 0 Å². The quantitative estimate of drug-likeness (QED) is 0.800. The topological polar surface area (TPSA) is 12.0 Å². The first-order valence-corrected chi connectivity index (χ1v) is 6.30. The summed E-state index contributed by atoms with van der Waals surface area (Å²) in [7, 11) is 0. The van der Waals surface area contributed by atoms with Crippen molar-refractivity contribution in [3.05, 3.63) is 35.6 Å². The van der Waals surface area contributed by atoms with Gasteiger partial charge in [-0.25, -0.2) is 4.39 Å². The van der Waals surface area contributed by atoms with E-state index in [9.17, 15) is 4.39 Å². The van der Waals surface area contributed by atoms with Crippen LogP contribution in [0.15, 0.2) is 24.3 Å². The molecule has 2 heteroatoms. The zero-order chi connectivity index (χ0) is 11.4. The summed E-state index contributed by atoms with van der Waals surface area (Å²) in [6.07, 6.45) is 4.85. The highest BCUT2D eigenvalue weighted by molar-refractivity contribution is 5.22. The van der Waals surface area contributed by atoms with Gasteiger partial charge >= 0.3 is 0 Å². The summed E-state index contributed by atoms with van der Waals surface area (Å²) in [5.74, 6) is 0.562. The molecule has 1 nitrogen and oxygen atoms in total. The Morgan fingerprint density at radius 3 is 2.69 bits per heavy atom. The van der Waals surface area contributed by atoms with Gasteiger partial charge in [0.05, 0.1) is 0 Å². The van der Waals surface area contributed by atoms with Crippen LogP contribution in [-0.2, 0) is 0 Å². The van der Waals surface area contributed by atoms with Gasteiger partial charge in [-0.1, -0.05) is 31.5 Å². The number of nitrogens with one attached hydrogen (secondary N) is 1. The monoisotopic (exact) mass is 221 g/mol. The minimum Gasteiger partial charge on any atom is -0.310 e. The molecule has 1 aromatic carbocycles. The average Bonchev–Trinajstić information content (AvgIpc) is 2.22. The van der Waals surface area contributed by atoms with Gasteiger partial charge < -0.3 is 5.32 Å². The van der Waals surface area contributed by atoms with Crippen LogP contribution in [0.25, 0.3) is 0 Å². The normalized spacial score (nSPS) is 18.1. The van der Waals surface area contributed by atoms with E-state index in [1.807, 2.05) is 12.1 Å². The Morgan fingerprint density at radius 1 is 1.38 bits per heavy atom. The average molecular weight is 221 g/mol. The summed E-state index contributed by atoms with van der Waals surface area (Å²) in [6.45, 7) is 3.11. The van der Waals surface area contributed by atoms with Gasteiger partial charge in [0.25, 0.3) is 0 Å². The molecule has 0 bridgehead atoms. The number of hydrogen-bond acceptors (Lipinski definition) is 1. The van der Waals surface area contributed by atoms with Gasteiger partial charge in [0.2, 0.25) is 0 Å². The molecule has 1 fully saturated rings. The molecule has 1 N–H and O–H groups in total. The molecule has 0 aromatic heterocycles. The molecule has 88 valence electrons. The van der Waals surface area contributed by atoms with Crippen molar-refractivity contribution >= 4 is 0 Å². The van der Waals surface area contributed by atoms with Gasteiger partial charge in [0, 0.05) is 11.6 Å². The minimum atomic E-state index is -0.0667. The molecule has 0 radical (unpaired) electrons. The Morgan fingerprint density at radius 2 is 2.12 bits per heavy atom. The fourth-order valence-corrected chi connectivity index (χ4v) is 2.33. The van der Waals surface area contributed by atoms with Gasteiger partial charge in [-0.05, 0) is 37.8 Å². The second-order valence-corrected chi connectivity index (χ2v) is 4.64. The molecule has 0 amide bonds. The van der Waals surface area contributed by atoms with Crippen LogP contribution < -0.4 is 5.32 Å². The van der Waals surface area contributed by atoms with E-state index in [4.69, 9.17) is 0 Å². The van der Waals surface area contributed by atoms with Crippen molar-refractivity contribution in [2.75, 3.05) is 6.54 Å². The first kappa shape index (κ1) is 11.6. The third kappa shape index (κ3) is 2.43. The number of halogens is 1. The molecule has 0 spiro atoms. The van der Waals surface area contributed by atoms with E-state index in [2.05, 4.69) is 12.2 Å². The molecule has 2 rings (SSSR count). The predicted molar refractivity (Wildman–Crippen MR) is 64.8 cm³/mol. The first-order valence-electron chi connectivity index (χ1n) is 6.30. The molecule has 0 saturated heterocycles. The number of hydrogen-bond donors (Lipinski definition) is 1. The van der Waals surface area contributed by atoms with Crippen molar-refractivity contribution in [1.82, 2.24) is 5.32 Å². The lowest BCUT2D eigenvalue weighted by Crippen LogP contribution is -2.33. The van der Waals surface area contributed by atoms with Crippen LogP contribution in [0.3, 0.4) is 0 Å². The van der Waals surface area contributed by atoms with Crippen LogP contribution in [0.1, 0.15) is 44.2 Å². The summed E-state index contributed by atoms with van der Waals surface area (Å²) >= 11 is 0. The summed E-state index contributed by atoms with van der Waals surface area (Å²) in [6, 6.07) is 7.39. The van der Waals surface area contributed by atoms with Crippen LogP contribution >= 0.6 is 0 Å². The summed E-state index contributed by atoms with van der Waals surface area (Å²) in [5, 5.41) is 3.49. The summed E-state index contributed by atoms with van der Waals surface area (Å²) in [5.41, 5.74) is 0.848. The molecule has 1 aliphatic rings. The van der Waals surface area contributed by atoms with Gasteiger partial charge in [-0.3, -0.25) is 0 Å². The fourth-order valence-electron chi connectivity index (χ4n) is 2.33. The Bertz CT molecular complexity index is 333. The Balaban J connectivity index is 2.13. The Labute approximate surface area is 97.1 Å². The molecule has 0 heterocycles. The van der Waals surface area contributed by atoms with Crippen molar-refractivity contribution in [2.24, 2.45) is 5.92 Å². The van der Waals surface area contributed by atoms with Crippen LogP contribution in [0.2, 0.25) is 0 Å². The van der Waals surface area contributed by atoms with Crippen LogP contribution in [-0.4, -0.2) is 6.54 Å². The molecule has 1 aliphatic carbocycles. The lowest BCUT2D eigenvalue weighted by atomic mass is 9.77. The smallest absolute Gasteiger partial charge is 0.127 e. The minimum absolute atomic E-state index is 0.0667. The molecule has 0 aliphatic heterocycles. The zero-order valence-corrected chi connectivity index (χ0v) is 9.88. The van der Waals surface area contributed by atoms with E-state index < -0.39 is 0 Å². The van der Waals surface area contributed by atoms with Gasteiger partial charge in [0.15, 0.2) is 0 Å². The highest BCUT2D eigenvalue weighted by Crippen LogP contribution is 2.38. The van der Waals surface area contributed by atoms with Crippen LogP contribution in [0.4, 0.5) is 4.39 Å². The van der Waals surface area contributed by atoms with Gasteiger partial charge in [-0.2, -0.15) is 0 Å².